The van der Waals surface area contributed by atoms with E-state index in [9.17, 15) is 8.42 Å². The fraction of sp³-hybridized carbons (Fsp3) is 0.333. The Kier molecular flexibility index (Phi) is 4.50. The minimum atomic E-state index is -3.47. The molecule has 2 heterocycles. The van der Waals surface area contributed by atoms with Crippen LogP contribution in [0.5, 0.6) is 0 Å². The van der Waals surface area contributed by atoms with Crippen LogP contribution < -0.4 is 4.72 Å². The Labute approximate surface area is 125 Å². The van der Waals surface area contributed by atoms with Crippen LogP contribution in [-0.4, -0.2) is 14.5 Å². The SMILES string of the molecule is Cc1cc(S(=O)(=O)NC(C)Cc2ccco2)sc1Br. The Bertz CT molecular complexity index is 627. The normalized spacial score (nSPS) is 13.6. The molecule has 2 aromatic heterocycles. The quantitative estimate of drug-likeness (QED) is 0.886. The van der Waals surface area contributed by atoms with Gasteiger partial charge in [0, 0.05) is 12.5 Å². The van der Waals surface area contributed by atoms with Crippen molar-refractivity contribution < 1.29 is 12.8 Å². The maximum atomic E-state index is 12.2. The Morgan fingerprint density at radius 2 is 2.26 bits per heavy atom. The van der Waals surface area contributed by atoms with E-state index in [2.05, 4.69) is 20.7 Å². The van der Waals surface area contributed by atoms with E-state index in [1.807, 2.05) is 19.9 Å². The van der Waals surface area contributed by atoms with Crippen molar-refractivity contribution >= 4 is 37.3 Å². The molecule has 0 aliphatic rings. The minimum Gasteiger partial charge on any atom is -0.469 e. The molecule has 0 radical (unpaired) electrons. The van der Waals surface area contributed by atoms with Gasteiger partial charge in [-0.3, -0.25) is 0 Å². The molecule has 0 spiro atoms. The molecule has 1 atom stereocenters. The third kappa shape index (κ3) is 3.68. The fourth-order valence-corrected chi connectivity index (χ4v) is 5.14. The third-order valence-corrected chi connectivity index (χ3v) is 6.74. The second-order valence-electron chi connectivity index (χ2n) is 4.33. The van der Waals surface area contributed by atoms with E-state index in [4.69, 9.17) is 4.42 Å². The minimum absolute atomic E-state index is 0.225. The molecule has 0 bridgehead atoms. The van der Waals surface area contributed by atoms with E-state index in [0.717, 1.165) is 15.1 Å². The maximum Gasteiger partial charge on any atom is 0.250 e. The van der Waals surface area contributed by atoms with Crippen molar-refractivity contribution in [2.45, 2.75) is 30.5 Å². The van der Waals surface area contributed by atoms with Gasteiger partial charge in [0.15, 0.2) is 0 Å². The summed E-state index contributed by atoms with van der Waals surface area (Å²) in [7, 11) is -3.47. The van der Waals surface area contributed by atoms with E-state index < -0.39 is 10.0 Å². The monoisotopic (exact) mass is 363 g/mol. The number of hydrogen-bond donors (Lipinski definition) is 1. The number of hydrogen-bond acceptors (Lipinski definition) is 4. The van der Waals surface area contributed by atoms with Crippen molar-refractivity contribution in [3.8, 4) is 0 Å². The van der Waals surface area contributed by atoms with Gasteiger partial charge < -0.3 is 4.42 Å². The zero-order chi connectivity index (χ0) is 14.0. The summed E-state index contributed by atoms with van der Waals surface area (Å²) in [5.41, 5.74) is 0.920. The van der Waals surface area contributed by atoms with Gasteiger partial charge in [-0.05, 0) is 53.5 Å². The molecule has 0 amide bonds. The van der Waals surface area contributed by atoms with Gasteiger partial charge in [-0.2, -0.15) is 0 Å². The van der Waals surface area contributed by atoms with Crippen molar-refractivity contribution in [3.05, 3.63) is 39.6 Å². The lowest BCUT2D eigenvalue weighted by atomic mass is 10.2. The second-order valence-corrected chi connectivity index (χ2v) is 8.64. The van der Waals surface area contributed by atoms with Crippen molar-refractivity contribution in [1.82, 2.24) is 4.72 Å². The van der Waals surface area contributed by atoms with Crippen molar-refractivity contribution in [1.29, 1.82) is 0 Å². The fourth-order valence-electron chi connectivity index (χ4n) is 1.66. The highest BCUT2D eigenvalue weighted by molar-refractivity contribution is 9.11. The molecule has 19 heavy (non-hydrogen) atoms. The highest BCUT2D eigenvalue weighted by Crippen LogP contribution is 2.30. The third-order valence-electron chi connectivity index (χ3n) is 2.54. The predicted octanol–water partition coefficient (Wildman–Crippen LogP) is 3.32. The number of rotatable bonds is 5. The largest absolute Gasteiger partial charge is 0.469 e. The Hall–Kier alpha value is -0.630. The van der Waals surface area contributed by atoms with Gasteiger partial charge in [0.2, 0.25) is 10.0 Å². The molecule has 0 fully saturated rings. The Morgan fingerprint density at radius 3 is 2.79 bits per heavy atom. The molecule has 2 rings (SSSR count). The molecule has 0 saturated carbocycles. The Morgan fingerprint density at radius 1 is 1.53 bits per heavy atom. The molecule has 2 aromatic rings. The molecular formula is C12H14BrNO3S2. The molecule has 0 aliphatic carbocycles. The summed E-state index contributed by atoms with van der Waals surface area (Å²) in [6.07, 6.45) is 2.11. The summed E-state index contributed by atoms with van der Waals surface area (Å²) in [4.78, 5) is 0. The van der Waals surface area contributed by atoms with Gasteiger partial charge >= 0.3 is 0 Å². The van der Waals surface area contributed by atoms with Crippen molar-refractivity contribution in [3.63, 3.8) is 0 Å². The lowest BCUT2D eigenvalue weighted by Crippen LogP contribution is -2.33. The van der Waals surface area contributed by atoms with E-state index in [0.29, 0.717) is 10.6 Å². The highest BCUT2D eigenvalue weighted by atomic mass is 79.9. The van der Waals surface area contributed by atoms with E-state index >= 15 is 0 Å². The van der Waals surface area contributed by atoms with Crippen LogP contribution in [0.25, 0.3) is 0 Å². The van der Waals surface area contributed by atoms with Gasteiger partial charge in [0.05, 0.1) is 10.0 Å². The summed E-state index contributed by atoms with van der Waals surface area (Å²) in [6, 6.07) is 5.06. The maximum absolute atomic E-state index is 12.2. The summed E-state index contributed by atoms with van der Waals surface area (Å²) >= 11 is 4.55. The zero-order valence-corrected chi connectivity index (χ0v) is 13.7. The lowest BCUT2D eigenvalue weighted by molar-refractivity contribution is 0.479. The molecule has 4 nitrogen and oxygen atoms in total. The molecule has 1 unspecified atom stereocenters. The molecular weight excluding hydrogens is 350 g/mol. The average Bonchev–Trinajstić information content (AvgIpc) is 2.89. The van der Waals surface area contributed by atoms with Crippen LogP contribution in [0.15, 0.2) is 36.9 Å². The van der Waals surface area contributed by atoms with E-state index in [1.54, 1.807) is 18.4 Å². The molecule has 7 heteroatoms. The summed E-state index contributed by atoms with van der Waals surface area (Å²) in [5.74, 6) is 0.763. The van der Waals surface area contributed by atoms with Crippen LogP contribution in [0, 0.1) is 6.92 Å². The van der Waals surface area contributed by atoms with Gasteiger partial charge in [-0.15, -0.1) is 11.3 Å². The van der Waals surface area contributed by atoms with Crippen molar-refractivity contribution in [2.75, 3.05) is 0 Å². The molecule has 0 aliphatic heterocycles. The molecule has 104 valence electrons. The lowest BCUT2D eigenvalue weighted by Gasteiger charge is -2.11. The standard InChI is InChI=1S/C12H14BrNO3S2/c1-8-6-11(18-12(8)13)19(15,16)14-9(2)7-10-4-3-5-17-10/h3-6,9,14H,7H2,1-2H3. The van der Waals surface area contributed by atoms with Gasteiger partial charge in [0.25, 0.3) is 0 Å². The van der Waals surface area contributed by atoms with Crippen molar-refractivity contribution in [2.24, 2.45) is 0 Å². The molecule has 0 saturated heterocycles. The van der Waals surface area contributed by atoms with Gasteiger partial charge in [-0.25, -0.2) is 13.1 Å². The highest BCUT2D eigenvalue weighted by Gasteiger charge is 2.21. The first kappa shape index (κ1) is 14.8. The Balaban J connectivity index is 2.08. The van der Waals surface area contributed by atoms with Crippen LogP contribution in [0.2, 0.25) is 0 Å². The summed E-state index contributed by atoms with van der Waals surface area (Å²) < 4.78 is 33.4. The summed E-state index contributed by atoms with van der Waals surface area (Å²) in [6.45, 7) is 3.68. The van der Waals surface area contributed by atoms with Gasteiger partial charge in [-0.1, -0.05) is 0 Å². The van der Waals surface area contributed by atoms with Crippen LogP contribution in [-0.2, 0) is 16.4 Å². The smallest absolute Gasteiger partial charge is 0.250 e. The topological polar surface area (TPSA) is 59.3 Å². The summed E-state index contributed by atoms with van der Waals surface area (Å²) in [5, 5.41) is 0. The van der Waals surface area contributed by atoms with Crippen LogP contribution in [0.3, 0.4) is 0 Å². The first-order valence-corrected chi connectivity index (χ1v) is 8.78. The van der Waals surface area contributed by atoms with Crippen LogP contribution in [0.1, 0.15) is 18.2 Å². The number of furan rings is 1. The van der Waals surface area contributed by atoms with E-state index in [-0.39, 0.29) is 6.04 Å². The zero-order valence-electron chi connectivity index (χ0n) is 10.5. The molecule has 0 aromatic carbocycles. The first-order chi connectivity index (χ1) is 8.88. The van der Waals surface area contributed by atoms with Crippen LogP contribution in [0.4, 0.5) is 0 Å². The molecule has 1 N–H and O–H groups in total. The average molecular weight is 364 g/mol. The number of halogens is 1. The van der Waals surface area contributed by atoms with Crippen LogP contribution >= 0.6 is 27.3 Å². The first-order valence-electron chi connectivity index (χ1n) is 5.69. The predicted molar refractivity (Wildman–Crippen MR) is 79.0 cm³/mol. The number of sulfonamides is 1. The number of aryl methyl sites for hydroxylation is 1. The van der Waals surface area contributed by atoms with E-state index in [1.165, 1.54) is 11.3 Å². The number of thiophene rings is 1. The van der Waals surface area contributed by atoms with Gasteiger partial charge in [0.1, 0.15) is 9.97 Å². The number of nitrogens with one attached hydrogen (secondary N) is 1. The second kappa shape index (κ2) is 5.78.